The SMILES string of the molecule is FC(F)(F)SCCNC1CC(c2ccccc2Cl)C1. The average Bonchev–Trinajstić information content (AvgIpc) is 2.27. The molecule has 1 aromatic rings. The van der Waals surface area contributed by atoms with Crippen LogP contribution in [0.25, 0.3) is 0 Å². The summed E-state index contributed by atoms with van der Waals surface area (Å²) in [4.78, 5) is 0. The van der Waals surface area contributed by atoms with Crippen LogP contribution in [0.4, 0.5) is 13.2 Å². The number of hydrogen-bond donors (Lipinski definition) is 1. The highest BCUT2D eigenvalue weighted by molar-refractivity contribution is 8.00. The lowest BCUT2D eigenvalue weighted by Gasteiger charge is -2.36. The molecule has 0 heterocycles. The summed E-state index contributed by atoms with van der Waals surface area (Å²) in [7, 11) is 0. The minimum absolute atomic E-state index is 0.0262. The maximum absolute atomic E-state index is 11.9. The molecule has 0 atom stereocenters. The Morgan fingerprint density at radius 1 is 1.26 bits per heavy atom. The quantitative estimate of drug-likeness (QED) is 0.808. The van der Waals surface area contributed by atoms with Gasteiger partial charge in [0.05, 0.1) is 0 Å². The second-order valence-corrected chi connectivity index (χ2v) is 6.20. The standard InChI is InChI=1S/C13H15ClF3NS/c14-12-4-2-1-3-11(12)9-7-10(8-9)18-5-6-19-13(15,16)17/h1-4,9-10,18H,5-8H2. The van der Waals surface area contributed by atoms with Crippen LogP contribution in [0.2, 0.25) is 5.02 Å². The monoisotopic (exact) mass is 309 g/mol. The van der Waals surface area contributed by atoms with E-state index in [4.69, 9.17) is 11.6 Å². The summed E-state index contributed by atoms with van der Waals surface area (Å²) in [5.74, 6) is 0.498. The van der Waals surface area contributed by atoms with Crippen LogP contribution in [0.15, 0.2) is 24.3 Å². The molecule has 1 saturated carbocycles. The van der Waals surface area contributed by atoms with Crippen molar-refractivity contribution in [1.82, 2.24) is 5.32 Å². The molecule has 1 aliphatic carbocycles. The van der Waals surface area contributed by atoms with Gasteiger partial charge < -0.3 is 5.32 Å². The second kappa shape index (κ2) is 6.37. The van der Waals surface area contributed by atoms with Gasteiger partial charge in [0.15, 0.2) is 0 Å². The molecule has 2 rings (SSSR count). The fraction of sp³-hybridized carbons (Fsp3) is 0.538. The Morgan fingerprint density at radius 3 is 2.58 bits per heavy atom. The first kappa shape index (κ1) is 15.0. The fourth-order valence-electron chi connectivity index (χ4n) is 2.27. The van der Waals surface area contributed by atoms with E-state index in [1.807, 2.05) is 24.3 Å². The molecule has 0 aromatic heterocycles. The van der Waals surface area contributed by atoms with E-state index in [-0.39, 0.29) is 17.5 Å². The molecule has 1 nitrogen and oxygen atoms in total. The molecule has 1 N–H and O–H groups in total. The molecule has 0 radical (unpaired) electrons. The van der Waals surface area contributed by atoms with E-state index in [0.29, 0.717) is 18.5 Å². The van der Waals surface area contributed by atoms with Crippen molar-refractivity contribution in [3.8, 4) is 0 Å². The van der Waals surface area contributed by atoms with Gasteiger partial charge in [-0.05, 0) is 42.2 Å². The van der Waals surface area contributed by atoms with Crippen molar-refractivity contribution < 1.29 is 13.2 Å². The summed E-state index contributed by atoms with van der Waals surface area (Å²) in [5, 5.41) is 3.92. The number of benzene rings is 1. The van der Waals surface area contributed by atoms with E-state index in [9.17, 15) is 13.2 Å². The van der Waals surface area contributed by atoms with Crippen LogP contribution in [-0.2, 0) is 0 Å². The zero-order valence-corrected chi connectivity index (χ0v) is 11.8. The van der Waals surface area contributed by atoms with Crippen LogP contribution in [0.1, 0.15) is 24.3 Å². The predicted molar refractivity (Wildman–Crippen MR) is 73.7 cm³/mol. The van der Waals surface area contributed by atoms with E-state index < -0.39 is 5.51 Å². The van der Waals surface area contributed by atoms with Gasteiger partial charge in [-0.2, -0.15) is 13.2 Å². The zero-order chi connectivity index (χ0) is 13.9. The Morgan fingerprint density at radius 2 is 1.95 bits per heavy atom. The van der Waals surface area contributed by atoms with Crippen LogP contribution in [-0.4, -0.2) is 23.8 Å². The van der Waals surface area contributed by atoms with Crippen LogP contribution in [0.3, 0.4) is 0 Å². The lowest BCUT2D eigenvalue weighted by Crippen LogP contribution is -2.41. The Balaban J connectivity index is 1.66. The molecule has 1 aromatic carbocycles. The topological polar surface area (TPSA) is 12.0 Å². The van der Waals surface area contributed by atoms with Crippen molar-refractivity contribution in [2.45, 2.75) is 30.3 Å². The number of alkyl halides is 3. The highest BCUT2D eigenvalue weighted by Crippen LogP contribution is 2.39. The number of halogens is 4. The number of hydrogen-bond acceptors (Lipinski definition) is 2. The molecule has 106 valence electrons. The number of nitrogens with one attached hydrogen (secondary N) is 1. The first-order chi connectivity index (χ1) is 8.96. The average molecular weight is 310 g/mol. The van der Waals surface area contributed by atoms with E-state index >= 15 is 0 Å². The third-order valence-corrected chi connectivity index (χ3v) is 4.36. The van der Waals surface area contributed by atoms with Crippen molar-refractivity contribution in [3.05, 3.63) is 34.9 Å². The molecule has 0 spiro atoms. The van der Waals surface area contributed by atoms with Gasteiger partial charge in [-0.25, -0.2) is 0 Å². The van der Waals surface area contributed by atoms with Crippen molar-refractivity contribution >= 4 is 23.4 Å². The van der Waals surface area contributed by atoms with Gasteiger partial charge in [0.25, 0.3) is 0 Å². The summed E-state index contributed by atoms with van der Waals surface area (Å²) in [6, 6.07) is 8.06. The lowest BCUT2D eigenvalue weighted by molar-refractivity contribution is -0.0327. The lowest BCUT2D eigenvalue weighted by atomic mass is 9.76. The number of rotatable bonds is 5. The van der Waals surface area contributed by atoms with Gasteiger partial charge in [0.1, 0.15) is 0 Å². The molecule has 19 heavy (non-hydrogen) atoms. The summed E-state index contributed by atoms with van der Waals surface area (Å²) in [5.41, 5.74) is -2.98. The first-order valence-corrected chi connectivity index (χ1v) is 7.50. The van der Waals surface area contributed by atoms with Gasteiger partial charge in [-0.15, -0.1) is 0 Å². The highest BCUT2D eigenvalue weighted by Gasteiger charge is 2.31. The summed E-state index contributed by atoms with van der Waals surface area (Å²) in [6.45, 7) is 0.393. The molecule has 0 bridgehead atoms. The van der Waals surface area contributed by atoms with Crippen LogP contribution < -0.4 is 5.32 Å². The van der Waals surface area contributed by atoms with Gasteiger partial charge in [-0.3, -0.25) is 0 Å². The van der Waals surface area contributed by atoms with Crippen molar-refractivity contribution in [2.24, 2.45) is 0 Å². The minimum atomic E-state index is -4.12. The van der Waals surface area contributed by atoms with E-state index in [2.05, 4.69) is 5.32 Å². The van der Waals surface area contributed by atoms with Crippen LogP contribution in [0, 0.1) is 0 Å². The Hall–Kier alpha value is -0.390. The van der Waals surface area contributed by atoms with Crippen molar-refractivity contribution in [1.29, 1.82) is 0 Å². The smallest absolute Gasteiger partial charge is 0.313 e. The van der Waals surface area contributed by atoms with Gasteiger partial charge in [0, 0.05) is 23.4 Å². The Kier molecular flexibility index (Phi) is 5.03. The third kappa shape index (κ3) is 4.58. The van der Waals surface area contributed by atoms with E-state index in [1.54, 1.807) is 0 Å². The highest BCUT2D eigenvalue weighted by atomic mass is 35.5. The third-order valence-electron chi connectivity index (χ3n) is 3.28. The second-order valence-electron chi connectivity index (χ2n) is 4.64. The minimum Gasteiger partial charge on any atom is -0.313 e. The zero-order valence-electron chi connectivity index (χ0n) is 10.2. The molecule has 6 heteroatoms. The van der Waals surface area contributed by atoms with Crippen molar-refractivity contribution in [3.63, 3.8) is 0 Å². The molecular formula is C13H15ClF3NS. The Labute approximate surface area is 119 Å². The van der Waals surface area contributed by atoms with E-state index in [1.165, 1.54) is 0 Å². The maximum Gasteiger partial charge on any atom is 0.441 e. The van der Waals surface area contributed by atoms with Crippen LogP contribution >= 0.6 is 23.4 Å². The van der Waals surface area contributed by atoms with Gasteiger partial charge >= 0.3 is 5.51 Å². The van der Waals surface area contributed by atoms with Gasteiger partial charge in [-0.1, -0.05) is 29.8 Å². The molecule has 0 unspecified atom stereocenters. The number of thioether (sulfide) groups is 1. The summed E-state index contributed by atoms with van der Waals surface area (Å²) < 4.78 is 35.8. The molecule has 1 aliphatic rings. The van der Waals surface area contributed by atoms with Gasteiger partial charge in [0.2, 0.25) is 0 Å². The molecule has 0 amide bonds. The Bertz CT molecular complexity index is 419. The molecule has 0 aliphatic heterocycles. The molecular weight excluding hydrogens is 295 g/mol. The molecule has 1 fully saturated rings. The molecule has 0 saturated heterocycles. The normalized spacial score (nSPS) is 23.2. The largest absolute Gasteiger partial charge is 0.441 e. The van der Waals surface area contributed by atoms with Crippen LogP contribution in [0.5, 0.6) is 0 Å². The maximum atomic E-state index is 11.9. The van der Waals surface area contributed by atoms with E-state index in [0.717, 1.165) is 23.4 Å². The summed E-state index contributed by atoms with van der Waals surface area (Å²) in [6.07, 6.45) is 1.89. The first-order valence-electron chi connectivity index (χ1n) is 6.14. The predicted octanol–water partition coefficient (Wildman–Crippen LogP) is 4.43. The summed E-state index contributed by atoms with van der Waals surface area (Å²) >= 11 is 6.13. The fourth-order valence-corrected chi connectivity index (χ4v) is 3.02. The van der Waals surface area contributed by atoms with Crippen molar-refractivity contribution in [2.75, 3.05) is 12.3 Å².